The molecular weight excluding hydrogens is 282 g/mol. The van der Waals surface area contributed by atoms with Crippen molar-refractivity contribution in [2.75, 3.05) is 6.61 Å². The van der Waals surface area contributed by atoms with Gasteiger partial charge in [-0.2, -0.15) is 0 Å². The maximum Gasteiger partial charge on any atom is 0.194 e. The largest absolute Gasteiger partial charge is 0.394 e. The third kappa shape index (κ3) is 2.74. The molecule has 2 atom stereocenters. The van der Waals surface area contributed by atoms with Crippen LogP contribution in [0.3, 0.4) is 0 Å². The Hall–Kier alpha value is -0.910. The van der Waals surface area contributed by atoms with Gasteiger partial charge in [0.2, 0.25) is 0 Å². The number of imidazole rings is 1. The molecule has 2 heterocycles. The molecule has 2 N–H and O–H groups in total. The summed E-state index contributed by atoms with van der Waals surface area (Å²) in [6.07, 6.45) is 4.61. The number of nitrogens with zero attached hydrogens (tertiary/aromatic N) is 2. The summed E-state index contributed by atoms with van der Waals surface area (Å²) in [6.45, 7) is 7.49. The maximum atomic E-state index is 9.90. The van der Waals surface area contributed by atoms with Crippen LogP contribution in [0.2, 0.25) is 0 Å². The van der Waals surface area contributed by atoms with E-state index in [0.717, 1.165) is 30.0 Å². The first-order valence-electron chi connectivity index (χ1n) is 7.82. The van der Waals surface area contributed by atoms with Crippen LogP contribution < -0.4 is 5.32 Å². The smallest absolute Gasteiger partial charge is 0.194 e. The molecule has 0 saturated heterocycles. The number of rotatable bonds is 4. The van der Waals surface area contributed by atoms with E-state index in [1.807, 2.05) is 0 Å². The number of aliphatic hydroxyl groups excluding tert-OH is 1. The fraction of sp³-hybridized carbons (Fsp3) is 0.688. The van der Waals surface area contributed by atoms with E-state index in [2.05, 4.69) is 40.9 Å². The lowest BCUT2D eigenvalue weighted by Crippen LogP contribution is -2.51. The summed E-state index contributed by atoms with van der Waals surface area (Å²) in [6, 6.07) is 0. The van der Waals surface area contributed by atoms with Gasteiger partial charge in [-0.3, -0.25) is 4.40 Å². The highest BCUT2D eigenvalue weighted by molar-refractivity contribution is 7.15. The van der Waals surface area contributed by atoms with Crippen LogP contribution in [0.4, 0.5) is 0 Å². The second-order valence-electron chi connectivity index (χ2n) is 6.63. The molecule has 1 aliphatic carbocycles. The Bertz CT molecular complexity index is 633. The molecule has 2 unspecified atom stereocenters. The van der Waals surface area contributed by atoms with Crippen molar-refractivity contribution in [3.8, 4) is 0 Å². The fourth-order valence-electron chi connectivity index (χ4n) is 3.67. The number of fused-ring (bicyclic) bond motifs is 1. The Morgan fingerprint density at radius 1 is 1.52 bits per heavy atom. The summed E-state index contributed by atoms with van der Waals surface area (Å²) in [5, 5.41) is 15.7. The minimum atomic E-state index is -0.113. The number of aromatic nitrogens is 2. The number of aryl methyl sites for hydroxylation is 2. The number of thiazole rings is 1. The van der Waals surface area contributed by atoms with Gasteiger partial charge in [0.15, 0.2) is 4.96 Å². The highest BCUT2D eigenvalue weighted by Crippen LogP contribution is 2.32. The van der Waals surface area contributed by atoms with Gasteiger partial charge in [0, 0.05) is 23.2 Å². The highest BCUT2D eigenvalue weighted by atomic mass is 32.1. The second-order valence-corrected chi connectivity index (χ2v) is 7.47. The van der Waals surface area contributed by atoms with E-state index in [4.69, 9.17) is 0 Å². The predicted molar refractivity (Wildman–Crippen MR) is 86.8 cm³/mol. The van der Waals surface area contributed by atoms with Gasteiger partial charge < -0.3 is 10.4 Å². The summed E-state index contributed by atoms with van der Waals surface area (Å²) in [5.74, 6) is 0.688. The van der Waals surface area contributed by atoms with E-state index in [-0.39, 0.29) is 12.1 Å². The van der Waals surface area contributed by atoms with Crippen molar-refractivity contribution >= 4 is 16.3 Å². The lowest BCUT2D eigenvalue weighted by atomic mass is 9.77. The normalized spacial score (nSPS) is 26.6. The SMILES string of the molecule is Cc1nc2scc(C)n2c1CNC1(CO)CCCC(C)C1. The summed E-state index contributed by atoms with van der Waals surface area (Å²) >= 11 is 1.69. The number of hydrogen-bond acceptors (Lipinski definition) is 4. The van der Waals surface area contributed by atoms with Crippen LogP contribution in [-0.4, -0.2) is 26.6 Å². The molecule has 1 fully saturated rings. The molecule has 116 valence electrons. The molecule has 0 aromatic carbocycles. The van der Waals surface area contributed by atoms with Crippen molar-refractivity contribution in [1.29, 1.82) is 0 Å². The summed E-state index contributed by atoms with van der Waals surface area (Å²) < 4.78 is 2.24. The van der Waals surface area contributed by atoms with Crippen molar-refractivity contribution in [3.63, 3.8) is 0 Å². The zero-order chi connectivity index (χ0) is 15.0. The number of aliphatic hydroxyl groups is 1. The monoisotopic (exact) mass is 307 g/mol. The van der Waals surface area contributed by atoms with Gasteiger partial charge in [-0.25, -0.2) is 4.98 Å². The Morgan fingerprint density at radius 2 is 2.33 bits per heavy atom. The van der Waals surface area contributed by atoms with E-state index in [1.165, 1.54) is 24.2 Å². The van der Waals surface area contributed by atoms with E-state index < -0.39 is 0 Å². The topological polar surface area (TPSA) is 49.6 Å². The Kier molecular flexibility index (Phi) is 4.08. The average molecular weight is 307 g/mol. The van der Waals surface area contributed by atoms with Crippen LogP contribution >= 0.6 is 11.3 Å². The van der Waals surface area contributed by atoms with Gasteiger partial charge in [-0.15, -0.1) is 11.3 Å². The molecule has 0 amide bonds. The zero-order valence-electron chi connectivity index (χ0n) is 13.1. The molecule has 1 saturated carbocycles. The lowest BCUT2D eigenvalue weighted by Gasteiger charge is -2.39. The Labute approximate surface area is 130 Å². The van der Waals surface area contributed by atoms with Crippen molar-refractivity contribution in [1.82, 2.24) is 14.7 Å². The van der Waals surface area contributed by atoms with Crippen molar-refractivity contribution < 1.29 is 5.11 Å². The van der Waals surface area contributed by atoms with Gasteiger partial charge in [0.1, 0.15) is 0 Å². The molecule has 21 heavy (non-hydrogen) atoms. The first-order valence-corrected chi connectivity index (χ1v) is 8.70. The lowest BCUT2D eigenvalue weighted by molar-refractivity contribution is 0.0978. The van der Waals surface area contributed by atoms with Crippen molar-refractivity contribution in [3.05, 3.63) is 22.5 Å². The van der Waals surface area contributed by atoms with Crippen LogP contribution in [0.15, 0.2) is 5.38 Å². The van der Waals surface area contributed by atoms with Crippen LogP contribution in [-0.2, 0) is 6.54 Å². The molecule has 3 rings (SSSR count). The summed E-state index contributed by atoms with van der Waals surface area (Å²) in [5.41, 5.74) is 3.45. The zero-order valence-corrected chi connectivity index (χ0v) is 14.0. The van der Waals surface area contributed by atoms with Gasteiger partial charge in [-0.05, 0) is 32.6 Å². The van der Waals surface area contributed by atoms with E-state index in [9.17, 15) is 5.11 Å². The standard InChI is InChI=1S/C16H25N3OS/c1-11-5-4-6-16(7-11,10-20)17-8-14-13(3)18-15-19(14)12(2)9-21-15/h9,11,17,20H,4-8,10H2,1-3H3. The minimum absolute atomic E-state index is 0.113. The summed E-state index contributed by atoms with van der Waals surface area (Å²) in [7, 11) is 0. The number of hydrogen-bond donors (Lipinski definition) is 2. The molecule has 5 heteroatoms. The molecule has 0 bridgehead atoms. The Morgan fingerprint density at radius 3 is 3.05 bits per heavy atom. The first-order chi connectivity index (χ1) is 10.0. The molecule has 0 aliphatic heterocycles. The fourth-order valence-corrected chi connectivity index (χ4v) is 4.60. The first kappa shape index (κ1) is 15.0. The third-order valence-electron chi connectivity index (χ3n) is 4.85. The molecule has 0 radical (unpaired) electrons. The molecular formula is C16H25N3OS. The van der Waals surface area contributed by atoms with Crippen molar-refractivity contribution in [2.45, 2.75) is 58.5 Å². The molecule has 4 nitrogen and oxygen atoms in total. The Balaban J connectivity index is 1.82. The predicted octanol–water partition coefficient (Wildman–Crippen LogP) is 3.04. The maximum absolute atomic E-state index is 9.90. The molecule has 1 aliphatic rings. The highest BCUT2D eigenvalue weighted by Gasteiger charge is 2.34. The van der Waals surface area contributed by atoms with Crippen LogP contribution in [0.25, 0.3) is 4.96 Å². The van der Waals surface area contributed by atoms with Gasteiger partial charge in [-0.1, -0.05) is 19.8 Å². The quantitative estimate of drug-likeness (QED) is 0.913. The van der Waals surface area contributed by atoms with Gasteiger partial charge in [0.05, 0.1) is 18.0 Å². The van der Waals surface area contributed by atoms with E-state index in [1.54, 1.807) is 11.3 Å². The summed E-state index contributed by atoms with van der Waals surface area (Å²) in [4.78, 5) is 5.71. The second kappa shape index (κ2) is 5.71. The molecule has 2 aromatic rings. The van der Waals surface area contributed by atoms with Crippen LogP contribution in [0.5, 0.6) is 0 Å². The molecule has 2 aromatic heterocycles. The van der Waals surface area contributed by atoms with Crippen molar-refractivity contribution in [2.24, 2.45) is 5.92 Å². The molecule has 0 spiro atoms. The minimum Gasteiger partial charge on any atom is -0.394 e. The average Bonchev–Trinajstić information content (AvgIpc) is 2.96. The van der Waals surface area contributed by atoms with E-state index in [0.29, 0.717) is 5.92 Å². The third-order valence-corrected chi connectivity index (χ3v) is 5.80. The van der Waals surface area contributed by atoms with E-state index >= 15 is 0 Å². The van der Waals surface area contributed by atoms with Gasteiger partial charge in [0.25, 0.3) is 0 Å². The number of nitrogens with one attached hydrogen (secondary N) is 1. The van der Waals surface area contributed by atoms with Crippen LogP contribution in [0, 0.1) is 19.8 Å². The van der Waals surface area contributed by atoms with Gasteiger partial charge >= 0.3 is 0 Å². The van der Waals surface area contributed by atoms with Crippen LogP contribution in [0.1, 0.15) is 49.7 Å².